The van der Waals surface area contributed by atoms with Gasteiger partial charge in [-0.2, -0.15) is 0 Å². The molecule has 1 aromatic rings. The predicted molar refractivity (Wildman–Crippen MR) is 77.2 cm³/mol. The van der Waals surface area contributed by atoms with E-state index in [4.69, 9.17) is 4.74 Å². The van der Waals surface area contributed by atoms with Gasteiger partial charge < -0.3 is 15.4 Å². The quantitative estimate of drug-likeness (QED) is 0.704. The summed E-state index contributed by atoms with van der Waals surface area (Å²) in [5, 5.41) is 6.04. The minimum absolute atomic E-state index is 0.0356. The summed E-state index contributed by atoms with van der Waals surface area (Å²) in [6.07, 6.45) is 0. The van der Waals surface area contributed by atoms with E-state index in [0.29, 0.717) is 25.6 Å². The van der Waals surface area contributed by atoms with Crippen molar-refractivity contribution in [2.45, 2.75) is 26.8 Å². The molecule has 4 heteroatoms. The fraction of sp³-hybridized carbons (Fsp3) is 0.533. The van der Waals surface area contributed by atoms with Crippen molar-refractivity contribution < 1.29 is 9.53 Å². The molecule has 0 aliphatic heterocycles. The molecule has 4 nitrogen and oxygen atoms in total. The lowest BCUT2D eigenvalue weighted by atomic mass is 10.2. The van der Waals surface area contributed by atoms with Crippen LogP contribution in [0.3, 0.4) is 0 Å². The van der Waals surface area contributed by atoms with Crippen molar-refractivity contribution in [2.75, 3.05) is 19.7 Å². The van der Waals surface area contributed by atoms with Gasteiger partial charge in [0.1, 0.15) is 12.4 Å². The highest BCUT2D eigenvalue weighted by atomic mass is 16.5. The van der Waals surface area contributed by atoms with E-state index in [1.807, 2.05) is 37.3 Å². The highest BCUT2D eigenvalue weighted by molar-refractivity contribution is 5.81. The number of amides is 1. The first-order valence-electron chi connectivity index (χ1n) is 6.78. The lowest BCUT2D eigenvalue weighted by Crippen LogP contribution is -2.44. The average Bonchev–Trinajstić information content (AvgIpc) is 2.41. The maximum atomic E-state index is 11.7. The van der Waals surface area contributed by atoms with E-state index in [1.54, 1.807) is 0 Å². The molecule has 0 saturated carbocycles. The minimum Gasteiger partial charge on any atom is -0.492 e. The Morgan fingerprint density at radius 1 is 1.21 bits per heavy atom. The van der Waals surface area contributed by atoms with E-state index < -0.39 is 0 Å². The maximum Gasteiger partial charge on any atom is 0.236 e. The van der Waals surface area contributed by atoms with Crippen LogP contribution in [0.25, 0.3) is 0 Å². The lowest BCUT2D eigenvalue weighted by molar-refractivity contribution is -0.122. The maximum absolute atomic E-state index is 11.7. The van der Waals surface area contributed by atoms with Gasteiger partial charge in [0, 0.05) is 13.1 Å². The van der Waals surface area contributed by atoms with Crippen LogP contribution in [0.1, 0.15) is 20.8 Å². The molecule has 1 amide bonds. The fourth-order valence-electron chi connectivity index (χ4n) is 1.51. The molecule has 106 valence electrons. The van der Waals surface area contributed by atoms with Crippen molar-refractivity contribution >= 4 is 5.91 Å². The second-order valence-electron chi connectivity index (χ2n) is 4.98. The highest BCUT2D eigenvalue weighted by Crippen LogP contribution is 2.07. The lowest BCUT2D eigenvalue weighted by Gasteiger charge is -2.15. The molecule has 19 heavy (non-hydrogen) atoms. The Labute approximate surface area is 115 Å². The normalized spacial score (nSPS) is 12.2. The molecule has 1 unspecified atom stereocenters. The Balaban J connectivity index is 2.13. The molecule has 0 saturated heterocycles. The first-order valence-corrected chi connectivity index (χ1v) is 6.78. The second-order valence-corrected chi connectivity index (χ2v) is 4.98. The topological polar surface area (TPSA) is 50.4 Å². The Bertz CT molecular complexity index is 366. The number of benzene rings is 1. The van der Waals surface area contributed by atoms with Gasteiger partial charge in [0.15, 0.2) is 0 Å². The van der Waals surface area contributed by atoms with Gasteiger partial charge in [-0.25, -0.2) is 0 Å². The molecule has 1 aromatic carbocycles. The Kier molecular flexibility index (Phi) is 6.97. The highest BCUT2D eigenvalue weighted by Gasteiger charge is 2.11. The smallest absolute Gasteiger partial charge is 0.236 e. The average molecular weight is 264 g/mol. The molecule has 0 aromatic heterocycles. The summed E-state index contributed by atoms with van der Waals surface area (Å²) in [7, 11) is 0. The third-order valence-electron chi connectivity index (χ3n) is 2.64. The SMILES string of the molecule is CC(C)CNC(=O)C(C)NCCOc1ccccc1. The van der Waals surface area contributed by atoms with Gasteiger partial charge in [-0.3, -0.25) is 4.79 Å². The number of nitrogens with one attached hydrogen (secondary N) is 2. The van der Waals surface area contributed by atoms with Crippen molar-refractivity contribution in [3.63, 3.8) is 0 Å². The molecule has 0 spiro atoms. The molecule has 0 radical (unpaired) electrons. The summed E-state index contributed by atoms with van der Waals surface area (Å²) in [5.74, 6) is 1.35. The van der Waals surface area contributed by atoms with Crippen molar-refractivity contribution in [2.24, 2.45) is 5.92 Å². The Morgan fingerprint density at radius 2 is 1.89 bits per heavy atom. The van der Waals surface area contributed by atoms with Crippen LogP contribution in [0.5, 0.6) is 5.75 Å². The van der Waals surface area contributed by atoms with Gasteiger partial charge in [-0.1, -0.05) is 32.0 Å². The molecule has 0 fully saturated rings. The number of carbonyl (C=O) groups excluding carboxylic acids is 1. The number of ether oxygens (including phenoxy) is 1. The zero-order valence-electron chi connectivity index (χ0n) is 12.0. The molecular weight excluding hydrogens is 240 g/mol. The second kappa shape index (κ2) is 8.53. The van der Waals surface area contributed by atoms with Crippen LogP contribution < -0.4 is 15.4 Å². The molecule has 0 heterocycles. The number of rotatable bonds is 8. The number of para-hydroxylation sites is 1. The predicted octanol–water partition coefficient (Wildman–Crippen LogP) is 1.82. The molecule has 0 aliphatic carbocycles. The van der Waals surface area contributed by atoms with Gasteiger partial charge in [0.25, 0.3) is 0 Å². The van der Waals surface area contributed by atoms with Crippen LogP contribution in [0.2, 0.25) is 0 Å². The van der Waals surface area contributed by atoms with Gasteiger partial charge in [-0.05, 0) is 25.0 Å². The molecule has 1 rings (SSSR count). The number of hydrogen-bond acceptors (Lipinski definition) is 3. The monoisotopic (exact) mass is 264 g/mol. The van der Waals surface area contributed by atoms with Crippen LogP contribution in [0.4, 0.5) is 0 Å². The van der Waals surface area contributed by atoms with Crippen molar-refractivity contribution in [3.05, 3.63) is 30.3 Å². The van der Waals surface area contributed by atoms with Crippen LogP contribution in [0.15, 0.2) is 30.3 Å². The van der Waals surface area contributed by atoms with Crippen LogP contribution in [-0.4, -0.2) is 31.6 Å². The van der Waals surface area contributed by atoms with Crippen molar-refractivity contribution in [1.29, 1.82) is 0 Å². The van der Waals surface area contributed by atoms with E-state index in [9.17, 15) is 4.79 Å². The molecule has 0 bridgehead atoms. The van der Waals surface area contributed by atoms with Gasteiger partial charge in [0.05, 0.1) is 6.04 Å². The summed E-state index contributed by atoms with van der Waals surface area (Å²) in [5.41, 5.74) is 0. The van der Waals surface area contributed by atoms with E-state index in [2.05, 4.69) is 24.5 Å². The van der Waals surface area contributed by atoms with Crippen LogP contribution in [0, 0.1) is 5.92 Å². The van der Waals surface area contributed by atoms with Crippen molar-refractivity contribution in [1.82, 2.24) is 10.6 Å². The van der Waals surface area contributed by atoms with Crippen LogP contribution in [-0.2, 0) is 4.79 Å². The van der Waals surface area contributed by atoms with E-state index in [1.165, 1.54) is 0 Å². The first kappa shape index (κ1) is 15.5. The zero-order valence-corrected chi connectivity index (χ0v) is 12.0. The Hall–Kier alpha value is -1.55. The number of hydrogen-bond donors (Lipinski definition) is 2. The third-order valence-corrected chi connectivity index (χ3v) is 2.64. The van der Waals surface area contributed by atoms with Crippen molar-refractivity contribution in [3.8, 4) is 5.75 Å². The minimum atomic E-state index is -0.196. The molecule has 1 atom stereocenters. The molecular formula is C15H24N2O2. The van der Waals surface area contributed by atoms with Gasteiger partial charge in [0.2, 0.25) is 5.91 Å². The first-order chi connectivity index (χ1) is 9.09. The summed E-state index contributed by atoms with van der Waals surface area (Å²) >= 11 is 0. The van der Waals surface area contributed by atoms with Gasteiger partial charge in [-0.15, -0.1) is 0 Å². The van der Waals surface area contributed by atoms with E-state index in [0.717, 1.165) is 5.75 Å². The summed E-state index contributed by atoms with van der Waals surface area (Å²) < 4.78 is 5.54. The summed E-state index contributed by atoms with van der Waals surface area (Å²) in [6, 6.07) is 9.46. The standard InChI is InChI=1S/C15H24N2O2/c1-12(2)11-17-15(18)13(3)16-9-10-19-14-7-5-4-6-8-14/h4-8,12-13,16H,9-11H2,1-3H3,(H,17,18). The zero-order chi connectivity index (χ0) is 14.1. The van der Waals surface area contributed by atoms with Gasteiger partial charge >= 0.3 is 0 Å². The summed E-state index contributed by atoms with van der Waals surface area (Å²) in [4.78, 5) is 11.7. The Morgan fingerprint density at radius 3 is 2.53 bits per heavy atom. The summed E-state index contributed by atoms with van der Waals surface area (Å²) in [6.45, 7) is 7.92. The third kappa shape index (κ3) is 6.82. The fourth-order valence-corrected chi connectivity index (χ4v) is 1.51. The largest absolute Gasteiger partial charge is 0.492 e. The van der Waals surface area contributed by atoms with Crippen LogP contribution >= 0.6 is 0 Å². The molecule has 0 aliphatic rings. The molecule has 2 N–H and O–H groups in total. The van der Waals surface area contributed by atoms with E-state index in [-0.39, 0.29) is 11.9 Å². The number of carbonyl (C=O) groups is 1. The van der Waals surface area contributed by atoms with E-state index >= 15 is 0 Å².